The standard InChI is InChI=1S/C12H23N7O/c1-4-9-20-12-15-10(13-2)14-11(16-12)17-19-7-5-18(3)6-8-19/h4-9H2,1-3H3,(H2,13,14,15,16,17). The van der Waals surface area contributed by atoms with Gasteiger partial charge in [0.1, 0.15) is 0 Å². The Morgan fingerprint density at radius 1 is 1.10 bits per heavy atom. The topological polar surface area (TPSA) is 78.4 Å². The molecule has 1 aliphatic rings. The molecule has 0 aliphatic carbocycles. The number of anilines is 2. The minimum absolute atomic E-state index is 0.350. The zero-order chi connectivity index (χ0) is 14.4. The van der Waals surface area contributed by atoms with Gasteiger partial charge in [0, 0.05) is 33.2 Å². The molecule has 1 aliphatic heterocycles. The first-order valence-corrected chi connectivity index (χ1v) is 6.98. The average Bonchev–Trinajstić information content (AvgIpc) is 2.47. The molecule has 0 bridgehead atoms. The SMILES string of the molecule is CCCOc1nc(NC)nc(NN2CCN(C)CC2)n1. The maximum atomic E-state index is 5.48. The van der Waals surface area contributed by atoms with Crippen molar-refractivity contribution in [1.82, 2.24) is 24.9 Å². The molecule has 0 spiro atoms. The van der Waals surface area contributed by atoms with E-state index in [9.17, 15) is 0 Å². The number of likely N-dealkylation sites (N-methyl/N-ethyl adjacent to an activating group) is 1. The van der Waals surface area contributed by atoms with Crippen LogP contribution in [0.5, 0.6) is 6.01 Å². The number of hydrazine groups is 1. The number of piperazine rings is 1. The van der Waals surface area contributed by atoms with Gasteiger partial charge in [0.05, 0.1) is 6.61 Å². The lowest BCUT2D eigenvalue weighted by atomic mass is 10.4. The van der Waals surface area contributed by atoms with Crippen LogP contribution in [0.1, 0.15) is 13.3 Å². The number of ether oxygens (including phenoxy) is 1. The first-order chi connectivity index (χ1) is 9.71. The third-order valence-corrected chi connectivity index (χ3v) is 3.04. The second-order valence-corrected chi connectivity index (χ2v) is 4.77. The van der Waals surface area contributed by atoms with Gasteiger partial charge in [0.15, 0.2) is 0 Å². The Hall–Kier alpha value is -1.67. The molecule has 1 aromatic rings. The fourth-order valence-electron chi connectivity index (χ4n) is 1.84. The lowest BCUT2D eigenvalue weighted by molar-refractivity contribution is 0.177. The van der Waals surface area contributed by atoms with Crippen LogP contribution in [0, 0.1) is 0 Å². The highest BCUT2D eigenvalue weighted by Gasteiger charge is 2.15. The first kappa shape index (κ1) is 14.7. The number of aromatic nitrogens is 3. The van der Waals surface area contributed by atoms with Crippen LogP contribution in [-0.2, 0) is 0 Å². The molecule has 1 aromatic heterocycles. The molecule has 0 radical (unpaired) electrons. The summed E-state index contributed by atoms with van der Waals surface area (Å²) >= 11 is 0. The summed E-state index contributed by atoms with van der Waals surface area (Å²) in [4.78, 5) is 15.0. The Morgan fingerprint density at radius 3 is 2.45 bits per heavy atom. The molecule has 2 N–H and O–H groups in total. The number of hydrogen-bond acceptors (Lipinski definition) is 8. The van der Waals surface area contributed by atoms with Gasteiger partial charge in [-0.15, -0.1) is 0 Å². The Labute approximate surface area is 119 Å². The average molecular weight is 281 g/mol. The third kappa shape index (κ3) is 4.17. The van der Waals surface area contributed by atoms with E-state index in [2.05, 4.69) is 42.7 Å². The fraction of sp³-hybridized carbons (Fsp3) is 0.750. The van der Waals surface area contributed by atoms with E-state index in [-0.39, 0.29) is 0 Å². The minimum Gasteiger partial charge on any atom is -0.463 e. The van der Waals surface area contributed by atoms with Crippen LogP contribution >= 0.6 is 0 Å². The van der Waals surface area contributed by atoms with E-state index in [0.717, 1.165) is 32.6 Å². The summed E-state index contributed by atoms with van der Waals surface area (Å²) in [5, 5.41) is 5.03. The molecule has 112 valence electrons. The smallest absolute Gasteiger partial charge is 0.323 e. The lowest BCUT2D eigenvalue weighted by Gasteiger charge is -2.32. The predicted molar refractivity (Wildman–Crippen MR) is 77.9 cm³/mol. The zero-order valence-corrected chi connectivity index (χ0v) is 12.4. The van der Waals surface area contributed by atoms with Gasteiger partial charge in [-0.05, 0) is 13.5 Å². The molecule has 0 unspecified atom stereocenters. The van der Waals surface area contributed by atoms with Crippen molar-refractivity contribution in [2.75, 3.05) is 57.6 Å². The van der Waals surface area contributed by atoms with Gasteiger partial charge in [0.25, 0.3) is 0 Å². The summed E-state index contributed by atoms with van der Waals surface area (Å²) in [6.07, 6.45) is 0.918. The van der Waals surface area contributed by atoms with Gasteiger partial charge in [-0.2, -0.15) is 15.0 Å². The van der Waals surface area contributed by atoms with Crippen LogP contribution in [0.25, 0.3) is 0 Å². The summed E-state index contributed by atoms with van der Waals surface area (Å²) in [5.41, 5.74) is 3.22. The molecule has 0 amide bonds. The second kappa shape index (κ2) is 7.20. The maximum Gasteiger partial charge on any atom is 0.323 e. The van der Waals surface area contributed by atoms with Crippen LogP contribution in [-0.4, -0.2) is 71.7 Å². The van der Waals surface area contributed by atoms with E-state index in [1.807, 2.05) is 6.92 Å². The van der Waals surface area contributed by atoms with Crippen molar-refractivity contribution in [2.24, 2.45) is 0 Å². The van der Waals surface area contributed by atoms with E-state index in [1.54, 1.807) is 7.05 Å². The molecule has 0 atom stereocenters. The normalized spacial score (nSPS) is 16.9. The number of hydrogen-bond donors (Lipinski definition) is 2. The summed E-state index contributed by atoms with van der Waals surface area (Å²) in [5.74, 6) is 1.02. The van der Waals surface area contributed by atoms with Gasteiger partial charge in [-0.25, -0.2) is 5.01 Å². The third-order valence-electron chi connectivity index (χ3n) is 3.04. The van der Waals surface area contributed by atoms with Crippen molar-refractivity contribution in [1.29, 1.82) is 0 Å². The molecule has 8 nitrogen and oxygen atoms in total. The van der Waals surface area contributed by atoms with Crippen LogP contribution in [0.2, 0.25) is 0 Å². The van der Waals surface area contributed by atoms with Crippen LogP contribution in [0.4, 0.5) is 11.9 Å². The van der Waals surface area contributed by atoms with Gasteiger partial charge < -0.3 is 15.0 Å². The number of nitrogens with zero attached hydrogens (tertiary/aromatic N) is 5. The molecule has 2 heterocycles. The minimum atomic E-state index is 0.350. The van der Waals surface area contributed by atoms with Crippen molar-refractivity contribution in [2.45, 2.75) is 13.3 Å². The highest BCUT2D eigenvalue weighted by atomic mass is 16.5. The van der Waals surface area contributed by atoms with Gasteiger partial charge in [0.2, 0.25) is 11.9 Å². The van der Waals surface area contributed by atoms with Gasteiger partial charge >= 0.3 is 6.01 Å². The Kier molecular flexibility index (Phi) is 5.31. The van der Waals surface area contributed by atoms with Gasteiger partial charge in [-0.1, -0.05) is 6.92 Å². The van der Waals surface area contributed by atoms with Crippen molar-refractivity contribution >= 4 is 11.9 Å². The number of rotatable bonds is 6. The monoisotopic (exact) mass is 281 g/mol. The molecule has 20 heavy (non-hydrogen) atoms. The summed E-state index contributed by atoms with van der Waals surface area (Å²) in [6, 6.07) is 0.350. The number of nitrogens with one attached hydrogen (secondary N) is 2. The summed E-state index contributed by atoms with van der Waals surface area (Å²) in [6.45, 7) is 6.56. The van der Waals surface area contributed by atoms with Crippen LogP contribution in [0.15, 0.2) is 0 Å². The van der Waals surface area contributed by atoms with E-state index >= 15 is 0 Å². The molecule has 8 heteroatoms. The Balaban J connectivity index is 2.02. The van der Waals surface area contributed by atoms with Crippen molar-refractivity contribution in [3.63, 3.8) is 0 Å². The Bertz CT molecular complexity index is 420. The first-order valence-electron chi connectivity index (χ1n) is 6.98. The summed E-state index contributed by atoms with van der Waals surface area (Å²) < 4.78 is 5.48. The van der Waals surface area contributed by atoms with E-state index in [0.29, 0.717) is 24.5 Å². The van der Waals surface area contributed by atoms with E-state index in [4.69, 9.17) is 4.74 Å². The lowest BCUT2D eigenvalue weighted by Crippen LogP contribution is -2.47. The molecular weight excluding hydrogens is 258 g/mol. The molecule has 0 saturated carbocycles. The van der Waals surface area contributed by atoms with Crippen LogP contribution in [0.3, 0.4) is 0 Å². The van der Waals surface area contributed by atoms with Crippen molar-refractivity contribution in [3.05, 3.63) is 0 Å². The molecule has 1 fully saturated rings. The zero-order valence-electron chi connectivity index (χ0n) is 12.4. The predicted octanol–water partition coefficient (Wildman–Crippen LogP) is 0.276. The molecular formula is C12H23N7O. The van der Waals surface area contributed by atoms with E-state index < -0.39 is 0 Å². The van der Waals surface area contributed by atoms with Gasteiger partial charge in [-0.3, -0.25) is 5.43 Å². The van der Waals surface area contributed by atoms with E-state index in [1.165, 1.54) is 0 Å². The van der Waals surface area contributed by atoms with Crippen molar-refractivity contribution < 1.29 is 4.74 Å². The van der Waals surface area contributed by atoms with Crippen LogP contribution < -0.4 is 15.5 Å². The maximum absolute atomic E-state index is 5.48. The summed E-state index contributed by atoms with van der Waals surface area (Å²) in [7, 11) is 3.90. The Morgan fingerprint density at radius 2 is 1.80 bits per heavy atom. The highest BCUT2D eigenvalue weighted by Crippen LogP contribution is 2.12. The quantitative estimate of drug-likeness (QED) is 0.769. The molecule has 2 rings (SSSR count). The fourth-order valence-corrected chi connectivity index (χ4v) is 1.84. The largest absolute Gasteiger partial charge is 0.463 e. The second-order valence-electron chi connectivity index (χ2n) is 4.77. The van der Waals surface area contributed by atoms with Crippen molar-refractivity contribution in [3.8, 4) is 6.01 Å². The highest BCUT2D eigenvalue weighted by molar-refractivity contribution is 5.34. The molecule has 0 aromatic carbocycles. The molecule has 1 saturated heterocycles.